The summed E-state index contributed by atoms with van der Waals surface area (Å²) in [5.74, 6) is 0.611. The maximum Gasteiger partial charge on any atom is 0.171 e. The van der Waals surface area contributed by atoms with E-state index in [0.717, 1.165) is 50.0 Å². The van der Waals surface area contributed by atoms with Crippen LogP contribution in [-0.4, -0.2) is 37.1 Å². The summed E-state index contributed by atoms with van der Waals surface area (Å²) in [6.07, 6.45) is 3.52. The van der Waals surface area contributed by atoms with Crippen molar-refractivity contribution in [1.82, 2.24) is 4.98 Å². The molecule has 2 saturated heterocycles. The standard InChI is InChI=1S/C12H15ClN2O2/c13-10-1-4-14-11(9-10)15-5-2-12(3-6-15)16-7-8-17-12/h1,4,9H,2-3,5-8H2. The van der Waals surface area contributed by atoms with Gasteiger partial charge in [0, 0.05) is 37.2 Å². The molecule has 1 aromatic heterocycles. The van der Waals surface area contributed by atoms with Gasteiger partial charge in [-0.05, 0) is 12.1 Å². The Hall–Kier alpha value is -0.840. The minimum atomic E-state index is -0.324. The first-order valence-electron chi connectivity index (χ1n) is 5.92. The Morgan fingerprint density at radius 3 is 2.59 bits per heavy atom. The number of nitrogens with zero attached hydrogens (tertiary/aromatic N) is 2. The number of halogens is 1. The molecule has 0 aliphatic carbocycles. The molecule has 1 aromatic rings. The molecule has 17 heavy (non-hydrogen) atoms. The Kier molecular flexibility index (Phi) is 2.94. The first-order chi connectivity index (χ1) is 8.27. The lowest BCUT2D eigenvalue weighted by molar-refractivity contribution is -0.169. The smallest absolute Gasteiger partial charge is 0.171 e. The molecule has 3 heterocycles. The van der Waals surface area contributed by atoms with Gasteiger partial charge in [-0.15, -0.1) is 0 Å². The highest BCUT2D eigenvalue weighted by atomic mass is 35.5. The van der Waals surface area contributed by atoms with E-state index < -0.39 is 0 Å². The number of hydrogen-bond acceptors (Lipinski definition) is 4. The topological polar surface area (TPSA) is 34.6 Å². The second-order valence-corrected chi connectivity index (χ2v) is 4.86. The second kappa shape index (κ2) is 4.44. The van der Waals surface area contributed by atoms with Gasteiger partial charge in [0.15, 0.2) is 5.79 Å². The van der Waals surface area contributed by atoms with Crippen LogP contribution >= 0.6 is 11.6 Å². The minimum Gasteiger partial charge on any atom is -0.356 e. The van der Waals surface area contributed by atoms with Gasteiger partial charge in [0.25, 0.3) is 0 Å². The molecule has 0 unspecified atom stereocenters. The Bertz CT molecular complexity index is 397. The molecule has 4 nitrogen and oxygen atoms in total. The van der Waals surface area contributed by atoms with Crippen LogP contribution in [0.15, 0.2) is 18.3 Å². The van der Waals surface area contributed by atoms with Gasteiger partial charge in [-0.2, -0.15) is 0 Å². The van der Waals surface area contributed by atoms with Crippen molar-refractivity contribution in [1.29, 1.82) is 0 Å². The van der Waals surface area contributed by atoms with Crippen LogP contribution in [0.25, 0.3) is 0 Å². The summed E-state index contributed by atoms with van der Waals surface area (Å²) >= 11 is 5.97. The lowest BCUT2D eigenvalue weighted by Crippen LogP contribution is -2.45. The molecule has 0 radical (unpaired) electrons. The zero-order valence-corrected chi connectivity index (χ0v) is 10.3. The van der Waals surface area contributed by atoms with Crippen molar-refractivity contribution >= 4 is 17.4 Å². The molecule has 0 bridgehead atoms. The second-order valence-electron chi connectivity index (χ2n) is 4.43. The van der Waals surface area contributed by atoms with E-state index in [4.69, 9.17) is 21.1 Å². The fourth-order valence-corrected chi connectivity index (χ4v) is 2.58. The predicted octanol–water partition coefficient (Wildman–Crippen LogP) is 2.08. The monoisotopic (exact) mass is 254 g/mol. The Labute approximate surface area is 105 Å². The largest absolute Gasteiger partial charge is 0.356 e. The van der Waals surface area contributed by atoms with Gasteiger partial charge in [0.05, 0.1) is 13.2 Å². The van der Waals surface area contributed by atoms with Crippen LogP contribution in [0, 0.1) is 0 Å². The number of piperidine rings is 1. The summed E-state index contributed by atoms with van der Waals surface area (Å²) in [5.41, 5.74) is 0. The fourth-order valence-electron chi connectivity index (χ4n) is 2.43. The molecule has 0 N–H and O–H groups in total. The molecule has 0 amide bonds. The van der Waals surface area contributed by atoms with Crippen LogP contribution in [0.1, 0.15) is 12.8 Å². The van der Waals surface area contributed by atoms with Gasteiger partial charge in [0.2, 0.25) is 0 Å². The quantitative estimate of drug-likeness (QED) is 0.769. The van der Waals surface area contributed by atoms with Crippen molar-refractivity contribution in [2.75, 3.05) is 31.2 Å². The van der Waals surface area contributed by atoms with Crippen LogP contribution in [0.3, 0.4) is 0 Å². The van der Waals surface area contributed by atoms with Crippen LogP contribution in [0.2, 0.25) is 5.02 Å². The van der Waals surface area contributed by atoms with E-state index in [9.17, 15) is 0 Å². The predicted molar refractivity (Wildman–Crippen MR) is 65.3 cm³/mol. The summed E-state index contributed by atoms with van der Waals surface area (Å²) in [5, 5.41) is 0.726. The molecule has 3 rings (SSSR count). The van der Waals surface area contributed by atoms with Crippen molar-refractivity contribution in [2.24, 2.45) is 0 Å². The molecule has 2 fully saturated rings. The maximum atomic E-state index is 5.97. The highest BCUT2D eigenvalue weighted by molar-refractivity contribution is 6.30. The molecule has 0 atom stereocenters. The number of ether oxygens (including phenoxy) is 2. The summed E-state index contributed by atoms with van der Waals surface area (Å²) in [7, 11) is 0. The summed E-state index contributed by atoms with van der Waals surface area (Å²) < 4.78 is 11.4. The third-order valence-corrected chi connectivity index (χ3v) is 3.61. The highest BCUT2D eigenvalue weighted by Gasteiger charge is 2.39. The van der Waals surface area contributed by atoms with E-state index in [1.54, 1.807) is 12.3 Å². The fraction of sp³-hybridized carbons (Fsp3) is 0.583. The van der Waals surface area contributed by atoms with Crippen molar-refractivity contribution in [2.45, 2.75) is 18.6 Å². The SMILES string of the molecule is Clc1ccnc(N2CCC3(CC2)OCCO3)c1. The molecule has 1 spiro atoms. The van der Waals surface area contributed by atoms with E-state index in [-0.39, 0.29) is 5.79 Å². The Balaban J connectivity index is 1.68. The van der Waals surface area contributed by atoms with Crippen LogP contribution in [0.5, 0.6) is 0 Å². The average Bonchev–Trinajstić information content (AvgIpc) is 2.79. The van der Waals surface area contributed by atoms with E-state index in [2.05, 4.69) is 9.88 Å². The van der Waals surface area contributed by atoms with E-state index in [1.165, 1.54) is 0 Å². The van der Waals surface area contributed by atoms with Crippen LogP contribution < -0.4 is 4.90 Å². The Morgan fingerprint density at radius 1 is 1.24 bits per heavy atom. The van der Waals surface area contributed by atoms with Crippen LogP contribution in [0.4, 0.5) is 5.82 Å². The number of aromatic nitrogens is 1. The van der Waals surface area contributed by atoms with Gasteiger partial charge in [-0.25, -0.2) is 4.98 Å². The number of anilines is 1. The number of rotatable bonds is 1. The van der Waals surface area contributed by atoms with Gasteiger partial charge in [-0.1, -0.05) is 11.6 Å². The summed E-state index contributed by atoms with van der Waals surface area (Å²) in [4.78, 5) is 6.56. The van der Waals surface area contributed by atoms with Gasteiger partial charge >= 0.3 is 0 Å². The molecular weight excluding hydrogens is 240 g/mol. The maximum absolute atomic E-state index is 5.97. The van der Waals surface area contributed by atoms with Crippen molar-refractivity contribution in [3.05, 3.63) is 23.4 Å². The van der Waals surface area contributed by atoms with Crippen molar-refractivity contribution in [3.63, 3.8) is 0 Å². The van der Waals surface area contributed by atoms with E-state index >= 15 is 0 Å². The zero-order valence-electron chi connectivity index (χ0n) is 9.56. The average molecular weight is 255 g/mol. The first-order valence-corrected chi connectivity index (χ1v) is 6.30. The lowest BCUT2D eigenvalue weighted by Gasteiger charge is -2.38. The Morgan fingerprint density at radius 2 is 1.94 bits per heavy atom. The molecule has 5 heteroatoms. The molecular formula is C12H15ClN2O2. The van der Waals surface area contributed by atoms with Gasteiger partial charge in [-0.3, -0.25) is 0 Å². The van der Waals surface area contributed by atoms with Crippen LogP contribution in [-0.2, 0) is 9.47 Å². The molecule has 0 saturated carbocycles. The lowest BCUT2D eigenvalue weighted by atomic mass is 10.0. The van der Waals surface area contributed by atoms with Gasteiger partial charge in [0.1, 0.15) is 5.82 Å². The molecule has 92 valence electrons. The van der Waals surface area contributed by atoms with Crippen molar-refractivity contribution < 1.29 is 9.47 Å². The molecule has 2 aliphatic rings. The summed E-state index contributed by atoms with van der Waals surface area (Å²) in [6, 6.07) is 3.69. The minimum absolute atomic E-state index is 0.324. The third kappa shape index (κ3) is 2.25. The van der Waals surface area contributed by atoms with Gasteiger partial charge < -0.3 is 14.4 Å². The molecule has 2 aliphatic heterocycles. The number of pyridine rings is 1. The number of hydrogen-bond donors (Lipinski definition) is 0. The normalized spacial score (nSPS) is 23.2. The zero-order chi connectivity index (χ0) is 11.7. The molecule has 0 aromatic carbocycles. The first kappa shape index (κ1) is 11.3. The third-order valence-electron chi connectivity index (χ3n) is 3.37. The highest BCUT2D eigenvalue weighted by Crippen LogP contribution is 2.32. The summed E-state index contributed by atoms with van der Waals surface area (Å²) in [6.45, 7) is 3.23. The van der Waals surface area contributed by atoms with Crippen molar-refractivity contribution in [3.8, 4) is 0 Å². The van der Waals surface area contributed by atoms with E-state index in [0.29, 0.717) is 0 Å². The van der Waals surface area contributed by atoms with E-state index in [1.807, 2.05) is 6.07 Å².